The first-order valence-electron chi connectivity index (χ1n) is 9.51. The van der Waals surface area contributed by atoms with Gasteiger partial charge in [0.15, 0.2) is 16.8 Å². The molecule has 0 aliphatic rings. The second-order valence-corrected chi connectivity index (χ2v) is 7.10. The number of aromatic amines is 1. The molecule has 0 atom stereocenters. The molecule has 0 saturated carbocycles. The van der Waals surface area contributed by atoms with Gasteiger partial charge in [0.25, 0.3) is 5.56 Å². The lowest BCUT2D eigenvalue weighted by atomic mass is 10.1. The van der Waals surface area contributed by atoms with Gasteiger partial charge < -0.3 is 14.1 Å². The first-order chi connectivity index (χ1) is 15.3. The van der Waals surface area contributed by atoms with Crippen LogP contribution >= 0.6 is 0 Å². The topological polar surface area (TPSA) is 85.4 Å². The van der Waals surface area contributed by atoms with Crippen molar-refractivity contribution in [2.45, 2.75) is 13.1 Å². The molecule has 1 N–H and O–H groups in total. The largest absolute Gasteiger partial charge is 0.494 e. The van der Waals surface area contributed by atoms with E-state index in [-0.39, 0.29) is 28.2 Å². The molecule has 0 unspecified atom stereocenters. The number of halogens is 3. The predicted molar refractivity (Wildman–Crippen MR) is 111 cm³/mol. The Bertz CT molecular complexity index is 1530. The summed E-state index contributed by atoms with van der Waals surface area (Å²) in [6.07, 6.45) is -4.77. The molecule has 3 aromatic heterocycles. The minimum atomic E-state index is -4.77. The van der Waals surface area contributed by atoms with Crippen LogP contribution in [0.5, 0.6) is 5.75 Å². The fraction of sp³-hybridized carbons (Fsp3) is 0.136. The van der Waals surface area contributed by atoms with Crippen LogP contribution in [0.4, 0.5) is 13.2 Å². The number of para-hydroxylation sites is 1. The van der Waals surface area contributed by atoms with Gasteiger partial charge in [-0.3, -0.25) is 4.79 Å². The number of hydrogen-bond donors (Lipinski definition) is 1. The average Bonchev–Trinajstić information content (AvgIpc) is 3.36. The first kappa shape index (κ1) is 19.9. The molecule has 0 saturated heterocycles. The van der Waals surface area contributed by atoms with E-state index in [0.29, 0.717) is 27.1 Å². The van der Waals surface area contributed by atoms with Crippen LogP contribution in [0.25, 0.3) is 39.3 Å². The zero-order valence-corrected chi connectivity index (χ0v) is 16.8. The Morgan fingerprint density at radius 2 is 1.81 bits per heavy atom. The maximum Gasteiger partial charge on any atom is 0.435 e. The molecule has 0 fully saturated rings. The van der Waals surface area contributed by atoms with Gasteiger partial charge in [0.2, 0.25) is 5.89 Å². The monoisotopic (exact) mass is 440 g/mol. The van der Waals surface area contributed by atoms with Crippen LogP contribution in [0.2, 0.25) is 0 Å². The molecule has 0 amide bonds. The van der Waals surface area contributed by atoms with Crippen molar-refractivity contribution in [3.63, 3.8) is 0 Å². The zero-order chi connectivity index (χ0) is 22.6. The van der Waals surface area contributed by atoms with Crippen molar-refractivity contribution in [3.05, 3.63) is 70.3 Å². The molecule has 7 nitrogen and oxygen atoms in total. The van der Waals surface area contributed by atoms with Gasteiger partial charge in [-0.25, -0.2) is 4.98 Å². The highest BCUT2D eigenvalue weighted by Crippen LogP contribution is 2.38. The number of aromatic nitrogens is 4. The number of alkyl halides is 3. The molecule has 32 heavy (non-hydrogen) atoms. The molecule has 3 heterocycles. The van der Waals surface area contributed by atoms with Crippen molar-refractivity contribution in [2.24, 2.45) is 0 Å². The van der Waals surface area contributed by atoms with Crippen molar-refractivity contribution in [2.75, 3.05) is 7.11 Å². The Morgan fingerprint density at radius 1 is 1.06 bits per heavy atom. The number of aryl methyl sites for hydroxylation is 1. The van der Waals surface area contributed by atoms with Gasteiger partial charge in [-0.05, 0) is 24.6 Å². The average molecular weight is 440 g/mol. The number of methoxy groups -OCH3 is 1. The van der Waals surface area contributed by atoms with Gasteiger partial charge in [0, 0.05) is 5.69 Å². The third-order valence-electron chi connectivity index (χ3n) is 5.12. The lowest BCUT2D eigenvalue weighted by molar-refractivity contribution is -0.140. The Labute approximate surface area is 178 Å². The second kappa shape index (κ2) is 6.98. The van der Waals surface area contributed by atoms with E-state index in [9.17, 15) is 18.0 Å². The smallest absolute Gasteiger partial charge is 0.435 e. The van der Waals surface area contributed by atoms with Crippen molar-refractivity contribution < 1.29 is 22.3 Å². The highest BCUT2D eigenvalue weighted by atomic mass is 19.4. The van der Waals surface area contributed by atoms with Crippen LogP contribution < -0.4 is 10.3 Å². The molecular weight excluding hydrogens is 425 g/mol. The van der Waals surface area contributed by atoms with E-state index in [4.69, 9.17) is 9.15 Å². The molecule has 2 aromatic carbocycles. The van der Waals surface area contributed by atoms with Crippen LogP contribution in [-0.2, 0) is 6.18 Å². The summed E-state index contributed by atoms with van der Waals surface area (Å²) in [7, 11) is 1.47. The SMILES string of the molecule is COc1cccc2oc(-c3c(C)[nH]c4c(-c5ccccc5)c(C(F)(F)F)nn4c3=O)nc12. The minimum absolute atomic E-state index is 0.0217. The molecule has 0 spiro atoms. The number of nitrogens with one attached hydrogen (secondary N) is 1. The lowest BCUT2D eigenvalue weighted by Gasteiger charge is -2.07. The van der Waals surface area contributed by atoms with E-state index in [1.165, 1.54) is 19.2 Å². The van der Waals surface area contributed by atoms with E-state index >= 15 is 0 Å². The molecule has 5 rings (SSSR count). The Morgan fingerprint density at radius 3 is 2.50 bits per heavy atom. The first-order valence-corrected chi connectivity index (χ1v) is 9.51. The summed E-state index contributed by atoms with van der Waals surface area (Å²) in [4.78, 5) is 20.5. The van der Waals surface area contributed by atoms with Crippen LogP contribution in [-0.4, -0.2) is 26.7 Å². The van der Waals surface area contributed by atoms with Crippen LogP contribution in [0.1, 0.15) is 11.4 Å². The van der Waals surface area contributed by atoms with Crippen LogP contribution in [0.3, 0.4) is 0 Å². The Kier molecular flexibility index (Phi) is 4.33. The van der Waals surface area contributed by atoms with Crippen molar-refractivity contribution in [1.82, 2.24) is 19.6 Å². The molecule has 0 bridgehead atoms. The van der Waals surface area contributed by atoms with E-state index in [2.05, 4.69) is 15.1 Å². The standard InChI is InChI=1S/C22H15F3N4O3/c1-11-15(20-27-17-13(31-2)9-6-10-14(17)32-20)21(30)29-19(26-11)16(12-7-4-3-5-8-12)18(28-29)22(23,24)25/h3-10,26H,1-2H3. The summed E-state index contributed by atoms with van der Waals surface area (Å²) in [5.41, 5.74) is -0.894. The fourth-order valence-corrected chi connectivity index (χ4v) is 3.71. The Hall–Kier alpha value is -4.08. The van der Waals surface area contributed by atoms with Crippen LogP contribution in [0.15, 0.2) is 57.7 Å². The van der Waals surface area contributed by atoms with Gasteiger partial charge in [0.1, 0.15) is 17.0 Å². The maximum atomic E-state index is 13.8. The Balaban J connectivity index is 1.82. The summed E-state index contributed by atoms with van der Waals surface area (Å²) >= 11 is 0. The summed E-state index contributed by atoms with van der Waals surface area (Å²) in [5.74, 6) is 0.396. The number of ether oxygens (including phenoxy) is 1. The van der Waals surface area contributed by atoms with Gasteiger partial charge in [-0.2, -0.15) is 22.8 Å². The molecular formula is C22H15F3N4O3. The fourth-order valence-electron chi connectivity index (χ4n) is 3.71. The summed E-state index contributed by atoms with van der Waals surface area (Å²) in [6, 6.07) is 13.0. The normalized spacial score (nSPS) is 12.0. The van der Waals surface area contributed by atoms with Gasteiger partial charge in [-0.15, -0.1) is 0 Å². The van der Waals surface area contributed by atoms with Crippen LogP contribution in [0, 0.1) is 6.92 Å². The number of H-pyrrole nitrogens is 1. The third-order valence-corrected chi connectivity index (χ3v) is 5.12. The second-order valence-electron chi connectivity index (χ2n) is 7.10. The number of benzene rings is 2. The number of hydrogen-bond acceptors (Lipinski definition) is 5. The van der Waals surface area contributed by atoms with Crippen molar-refractivity contribution in [1.29, 1.82) is 0 Å². The summed E-state index contributed by atoms with van der Waals surface area (Å²) in [6.45, 7) is 1.57. The van der Waals surface area contributed by atoms with E-state index in [1.54, 1.807) is 43.3 Å². The third kappa shape index (κ3) is 2.95. The molecule has 0 aliphatic carbocycles. The number of oxazole rings is 1. The number of fused-ring (bicyclic) bond motifs is 2. The summed E-state index contributed by atoms with van der Waals surface area (Å²) < 4.78 is 53.1. The van der Waals surface area contributed by atoms with Gasteiger partial charge >= 0.3 is 6.18 Å². The highest BCUT2D eigenvalue weighted by molar-refractivity contribution is 5.84. The number of rotatable bonds is 3. The van der Waals surface area contributed by atoms with E-state index < -0.39 is 17.4 Å². The minimum Gasteiger partial charge on any atom is -0.494 e. The quantitative estimate of drug-likeness (QED) is 0.434. The lowest BCUT2D eigenvalue weighted by Crippen LogP contribution is -2.19. The predicted octanol–water partition coefficient (Wildman–Crippen LogP) is 4.83. The van der Waals surface area contributed by atoms with Crippen molar-refractivity contribution >= 4 is 16.7 Å². The van der Waals surface area contributed by atoms with E-state index in [0.717, 1.165) is 0 Å². The van der Waals surface area contributed by atoms with Gasteiger partial charge in [-0.1, -0.05) is 36.4 Å². The molecule has 10 heteroatoms. The molecule has 0 radical (unpaired) electrons. The number of nitrogens with zero attached hydrogens (tertiary/aromatic N) is 3. The highest BCUT2D eigenvalue weighted by Gasteiger charge is 2.39. The molecule has 162 valence electrons. The summed E-state index contributed by atoms with van der Waals surface area (Å²) in [5, 5.41) is 3.63. The zero-order valence-electron chi connectivity index (χ0n) is 16.8. The maximum absolute atomic E-state index is 13.8. The van der Waals surface area contributed by atoms with Crippen molar-refractivity contribution in [3.8, 4) is 28.3 Å². The molecule has 5 aromatic rings. The van der Waals surface area contributed by atoms with E-state index in [1.807, 2.05) is 0 Å². The van der Waals surface area contributed by atoms with Gasteiger partial charge in [0.05, 0.1) is 12.7 Å². The molecule has 0 aliphatic heterocycles.